The lowest BCUT2D eigenvalue weighted by Gasteiger charge is -2.27. The topological polar surface area (TPSA) is 60.3 Å². The van der Waals surface area contributed by atoms with Gasteiger partial charge in [-0.3, -0.25) is 10.2 Å². The third-order valence-electron chi connectivity index (χ3n) is 2.54. The van der Waals surface area contributed by atoms with Crippen LogP contribution in [-0.4, -0.2) is 55.4 Å². The van der Waals surface area contributed by atoms with Crippen molar-refractivity contribution in [3.05, 3.63) is 0 Å². The SMILES string of the molecule is CN(C)/C=N/C1N=C(C2CC2)N(C)C(=O)N1. The Labute approximate surface area is 95.0 Å². The van der Waals surface area contributed by atoms with Gasteiger partial charge in [0, 0.05) is 27.1 Å². The number of carbonyl (C=O) groups excluding carboxylic acids is 1. The van der Waals surface area contributed by atoms with Gasteiger partial charge in [-0.2, -0.15) is 0 Å². The number of hydrogen-bond donors (Lipinski definition) is 1. The van der Waals surface area contributed by atoms with Crippen molar-refractivity contribution in [3.63, 3.8) is 0 Å². The molecule has 1 unspecified atom stereocenters. The van der Waals surface area contributed by atoms with Crippen LogP contribution in [0.1, 0.15) is 12.8 Å². The molecule has 1 atom stereocenters. The first-order chi connectivity index (χ1) is 7.58. The summed E-state index contributed by atoms with van der Waals surface area (Å²) >= 11 is 0. The Balaban J connectivity index is 2.12. The predicted molar refractivity (Wildman–Crippen MR) is 62.4 cm³/mol. The van der Waals surface area contributed by atoms with Crippen LogP contribution in [0.5, 0.6) is 0 Å². The van der Waals surface area contributed by atoms with Gasteiger partial charge in [-0.05, 0) is 12.8 Å². The van der Waals surface area contributed by atoms with E-state index in [0.29, 0.717) is 5.92 Å². The van der Waals surface area contributed by atoms with Gasteiger partial charge in [-0.15, -0.1) is 0 Å². The summed E-state index contributed by atoms with van der Waals surface area (Å²) in [5.41, 5.74) is 0. The normalized spacial score (nSPS) is 25.7. The van der Waals surface area contributed by atoms with Crippen LogP contribution in [-0.2, 0) is 0 Å². The Morgan fingerprint density at radius 2 is 2.25 bits per heavy atom. The van der Waals surface area contributed by atoms with Gasteiger partial charge in [0.25, 0.3) is 0 Å². The largest absolute Gasteiger partial charge is 0.369 e. The van der Waals surface area contributed by atoms with Gasteiger partial charge in [0.1, 0.15) is 5.84 Å². The summed E-state index contributed by atoms with van der Waals surface area (Å²) in [7, 11) is 5.51. The van der Waals surface area contributed by atoms with Crippen LogP contribution in [0.3, 0.4) is 0 Å². The van der Waals surface area contributed by atoms with E-state index in [1.165, 1.54) is 0 Å². The van der Waals surface area contributed by atoms with E-state index in [1.54, 1.807) is 18.3 Å². The summed E-state index contributed by atoms with van der Waals surface area (Å²) in [4.78, 5) is 23.7. The minimum absolute atomic E-state index is 0.127. The summed E-state index contributed by atoms with van der Waals surface area (Å²) in [6.45, 7) is 0. The Hall–Kier alpha value is -1.59. The molecule has 0 spiro atoms. The predicted octanol–water partition coefficient (Wildman–Crippen LogP) is 0.323. The van der Waals surface area contributed by atoms with Gasteiger partial charge in [0.15, 0.2) is 0 Å². The van der Waals surface area contributed by atoms with Crippen molar-refractivity contribution < 1.29 is 4.79 Å². The molecular formula is C10H17N5O. The highest BCUT2D eigenvalue weighted by Gasteiger charge is 2.35. The van der Waals surface area contributed by atoms with Crippen molar-refractivity contribution in [2.45, 2.75) is 19.1 Å². The fourth-order valence-corrected chi connectivity index (χ4v) is 1.54. The van der Waals surface area contributed by atoms with Crippen molar-refractivity contribution in [2.75, 3.05) is 21.1 Å². The molecule has 0 radical (unpaired) electrons. The average molecular weight is 223 g/mol. The minimum atomic E-state index is -0.471. The van der Waals surface area contributed by atoms with E-state index in [2.05, 4.69) is 15.3 Å². The molecule has 0 aromatic heterocycles. The van der Waals surface area contributed by atoms with Gasteiger partial charge in [0.05, 0.1) is 6.34 Å². The molecule has 1 N–H and O–H groups in total. The van der Waals surface area contributed by atoms with Crippen molar-refractivity contribution in [3.8, 4) is 0 Å². The molecule has 1 aliphatic heterocycles. The second kappa shape index (κ2) is 4.11. The van der Waals surface area contributed by atoms with Gasteiger partial charge in [-0.25, -0.2) is 14.8 Å². The number of carbonyl (C=O) groups is 1. The first-order valence-corrected chi connectivity index (χ1v) is 5.39. The summed E-state index contributed by atoms with van der Waals surface area (Å²) in [6.07, 6.45) is 3.44. The maximum atomic E-state index is 11.6. The molecule has 0 bridgehead atoms. The third kappa shape index (κ3) is 2.32. The fraction of sp³-hybridized carbons (Fsp3) is 0.700. The number of amides is 2. The van der Waals surface area contributed by atoms with Crippen molar-refractivity contribution in [2.24, 2.45) is 15.9 Å². The van der Waals surface area contributed by atoms with E-state index in [1.807, 2.05) is 19.0 Å². The molecule has 1 saturated carbocycles. The lowest BCUT2D eigenvalue weighted by molar-refractivity contribution is 0.218. The van der Waals surface area contributed by atoms with E-state index in [0.717, 1.165) is 18.7 Å². The van der Waals surface area contributed by atoms with Crippen LogP contribution in [0.25, 0.3) is 0 Å². The highest BCUT2D eigenvalue weighted by Crippen LogP contribution is 2.32. The molecule has 1 heterocycles. The third-order valence-corrected chi connectivity index (χ3v) is 2.54. The zero-order valence-electron chi connectivity index (χ0n) is 9.84. The molecule has 88 valence electrons. The van der Waals surface area contributed by atoms with E-state index in [9.17, 15) is 4.79 Å². The smallest absolute Gasteiger partial charge is 0.325 e. The lowest BCUT2D eigenvalue weighted by atomic mass is 10.3. The molecule has 2 amide bonds. The summed E-state index contributed by atoms with van der Waals surface area (Å²) in [6, 6.07) is -0.127. The zero-order valence-corrected chi connectivity index (χ0v) is 9.84. The van der Waals surface area contributed by atoms with E-state index in [-0.39, 0.29) is 6.03 Å². The highest BCUT2D eigenvalue weighted by molar-refractivity contribution is 6.01. The average Bonchev–Trinajstić information content (AvgIpc) is 3.03. The molecule has 2 aliphatic rings. The second-order valence-corrected chi connectivity index (χ2v) is 4.37. The highest BCUT2D eigenvalue weighted by atomic mass is 16.2. The van der Waals surface area contributed by atoms with Crippen LogP contribution >= 0.6 is 0 Å². The van der Waals surface area contributed by atoms with Crippen LogP contribution in [0, 0.1) is 5.92 Å². The van der Waals surface area contributed by atoms with Gasteiger partial charge in [-0.1, -0.05) is 0 Å². The van der Waals surface area contributed by atoms with E-state index in [4.69, 9.17) is 0 Å². The molecule has 2 rings (SSSR count). The summed E-state index contributed by atoms with van der Waals surface area (Å²) in [5.74, 6) is 1.32. The fourth-order valence-electron chi connectivity index (χ4n) is 1.54. The Morgan fingerprint density at radius 3 is 2.81 bits per heavy atom. The molecule has 6 heteroatoms. The van der Waals surface area contributed by atoms with Gasteiger partial charge in [0.2, 0.25) is 6.29 Å². The van der Waals surface area contributed by atoms with Gasteiger partial charge < -0.3 is 4.90 Å². The minimum Gasteiger partial charge on any atom is -0.369 e. The number of rotatable bonds is 3. The summed E-state index contributed by atoms with van der Waals surface area (Å²) < 4.78 is 0. The van der Waals surface area contributed by atoms with Crippen molar-refractivity contribution in [1.82, 2.24) is 15.1 Å². The van der Waals surface area contributed by atoms with E-state index < -0.39 is 6.29 Å². The molecular weight excluding hydrogens is 206 g/mol. The number of urea groups is 1. The maximum absolute atomic E-state index is 11.6. The quantitative estimate of drug-likeness (QED) is 0.553. The second-order valence-electron chi connectivity index (χ2n) is 4.37. The number of aliphatic imine (C=N–C) groups is 2. The molecule has 6 nitrogen and oxygen atoms in total. The maximum Gasteiger partial charge on any atom is 0.325 e. The Kier molecular flexibility index (Phi) is 2.80. The molecule has 1 aliphatic carbocycles. The van der Waals surface area contributed by atoms with Crippen molar-refractivity contribution in [1.29, 1.82) is 0 Å². The number of nitrogens with zero attached hydrogens (tertiary/aromatic N) is 4. The molecule has 1 fully saturated rings. The summed E-state index contributed by atoms with van der Waals surface area (Å²) in [5, 5.41) is 2.71. The van der Waals surface area contributed by atoms with Crippen LogP contribution in [0.2, 0.25) is 0 Å². The molecule has 0 saturated heterocycles. The van der Waals surface area contributed by atoms with Gasteiger partial charge >= 0.3 is 6.03 Å². The number of nitrogens with one attached hydrogen (secondary N) is 1. The van der Waals surface area contributed by atoms with Crippen LogP contribution < -0.4 is 5.32 Å². The lowest BCUT2D eigenvalue weighted by Crippen LogP contribution is -2.50. The van der Waals surface area contributed by atoms with Crippen LogP contribution in [0.4, 0.5) is 4.79 Å². The number of amidine groups is 1. The Bertz CT molecular complexity index is 345. The monoisotopic (exact) mass is 223 g/mol. The molecule has 0 aromatic carbocycles. The Morgan fingerprint density at radius 1 is 1.56 bits per heavy atom. The standard InChI is InChI=1S/C10H17N5O/c1-14(2)6-11-9-12-8(7-4-5-7)15(3)10(16)13-9/h6-7,9H,4-5H2,1-3H3,(H,13,16)/b11-6+. The first-order valence-electron chi connectivity index (χ1n) is 5.39. The molecule has 16 heavy (non-hydrogen) atoms. The first kappa shape index (κ1) is 10.9. The number of hydrogen-bond acceptors (Lipinski definition) is 3. The molecule has 0 aromatic rings. The zero-order chi connectivity index (χ0) is 11.7. The van der Waals surface area contributed by atoms with Crippen LogP contribution in [0.15, 0.2) is 9.98 Å². The van der Waals surface area contributed by atoms with Crippen molar-refractivity contribution >= 4 is 18.2 Å². The van der Waals surface area contributed by atoms with E-state index >= 15 is 0 Å².